The highest BCUT2D eigenvalue weighted by atomic mass is 19.1. The highest BCUT2D eigenvalue weighted by molar-refractivity contribution is 6.02. The third-order valence-electron chi connectivity index (χ3n) is 3.90. The van der Waals surface area contributed by atoms with Gasteiger partial charge in [0.1, 0.15) is 6.10 Å². The van der Waals surface area contributed by atoms with E-state index in [1.807, 2.05) is 5.32 Å². The van der Waals surface area contributed by atoms with E-state index in [1.165, 1.54) is 30.8 Å². The summed E-state index contributed by atoms with van der Waals surface area (Å²) in [5, 5.41) is 20.0. The Labute approximate surface area is 170 Å². The summed E-state index contributed by atoms with van der Waals surface area (Å²) >= 11 is 0. The number of aromatic hydroxyl groups is 1. The van der Waals surface area contributed by atoms with Crippen LogP contribution in [0.25, 0.3) is 0 Å². The van der Waals surface area contributed by atoms with Crippen molar-refractivity contribution in [3.8, 4) is 5.75 Å². The van der Waals surface area contributed by atoms with Crippen LogP contribution in [0.1, 0.15) is 22.0 Å². The summed E-state index contributed by atoms with van der Waals surface area (Å²) < 4.78 is 24.3. The maximum atomic E-state index is 13.8. The van der Waals surface area contributed by atoms with Gasteiger partial charge in [0.2, 0.25) is 0 Å². The van der Waals surface area contributed by atoms with E-state index in [2.05, 4.69) is 0 Å². The van der Waals surface area contributed by atoms with Gasteiger partial charge in [-0.1, -0.05) is 24.3 Å². The van der Waals surface area contributed by atoms with Gasteiger partial charge in [0.15, 0.2) is 17.7 Å². The van der Waals surface area contributed by atoms with E-state index >= 15 is 0 Å². The van der Waals surface area contributed by atoms with Gasteiger partial charge in [-0.15, -0.1) is 0 Å². The van der Waals surface area contributed by atoms with Gasteiger partial charge in [-0.2, -0.15) is 0 Å². The molecule has 3 amide bonds. The van der Waals surface area contributed by atoms with Crippen molar-refractivity contribution in [3.05, 3.63) is 77.6 Å². The zero-order chi connectivity index (χ0) is 22.1. The number of hydrogen-bond acceptors (Lipinski definition) is 7. The molecule has 0 saturated carbocycles. The van der Waals surface area contributed by atoms with Crippen molar-refractivity contribution in [2.45, 2.75) is 12.2 Å². The zero-order valence-corrected chi connectivity index (χ0v) is 15.7. The molecule has 0 unspecified atom stereocenters. The number of alkyl carbamates (subject to hydrolysis) is 1. The van der Waals surface area contributed by atoms with E-state index in [1.54, 1.807) is 18.2 Å². The summed E-state index contributed by atoms with van der Waals surface area (Å²) in [6, 6.07) is 11.1. The minimum absolute atomic E-state index is 0.0773. The summed E-state index contributed by atoms with van der Waals surface area (Å²) in [4.78, 5) is 35.7. The zero-order valence-electron chi connectivity index (χ0n) is 15.7. The molecule has 0 aliphatic rings. The number of halogens is 1. The molecule has 0 spiro atoms. The summed E-state index contributed by atoms with van der Waals surface area (Å²) in [5.74, 6) is -3.20. The number of carbonyl (C=O) groups excluding carboxylic acids is 3. The molecule has 0 saturated heterocycles. The number of amides is 3. The van der Waals surface area contributed by atoms with Crippen LogP contribution in [-0.2, 0) is 14.3 Å². The molecule has 4 N–H and O–H groups in total. The molecule has 0 aliphatic heterocycles. The average molecular weight is 418 g/mol. The minimum Gasteiger partial charge on any atom is -0.505 e. The topological polar surface area (TPSA) is 134 Å². The van der Waals surface area contributed by atoms with Gasteiger partial charge in [-0.3, -0.25) is 20.1 Å². The fraction of sp³-hybridized carbons (Fsp3) is 0.150. The Morgan fingerprint density at radius 3 is 2.43 bits per heavy atom. The highest BCUT2D eigenvalue weighted by Crippen LogP contribution is 2.28. The van der Waals surface area contributed by atoms with E-state index in [0.717, 1.165) is 24.3 Å². The quantitative estimate of drug-likeness (QED) is 0.308. The number of methoxy groups -OCH3 is 1. The Morgan fingerprint density at radius 2 is 1.83 bits per heavy atom. The SMILES string of the molecule is CO[C@H](/C=C/C(=O)NO)[C@H](OC(=O)NC(=O)c1ccccc1)c1ccc(O)c(F)c1. The van der Waals surface area contributed by atoms with E-state index < -0.39 is 41.7 Å². The van der Waals surface area contributed by atoms with Crippen LogP contribution < -0.4 is 10.8 Å². The van der Waals surface area contributed by atoms with Crippen molar-refractivity contribution in [2.24, 2.45) is 0 Å². The number of carbonyl (C=O) groups is 3. The molecule has 0 radical (unpaired) electrons. The summed E-state index contributed by atoms with van der Waals surface area (Å²) in [5.41, 5.74) is 1.68. The molecule has 0 bridgehead atoms. The van der Waals surface area contributed by atoms with Crippen LogP contribution in [0.2, 0.25) is 0 Å². The molecule has 158 valence electrons. The van der Waals surface area contributed by atoms with E-state index in [4.69, 9.17) is 14.7 Å². The monoisotopic (exact) mass is 418 g/mol. The van der Waals surface area contributed by atoms with E-state index in [0.29, 0.717) is 0 Å². The summed E-state index contributed by atoms with van der Waals surface area (Å²) in [6.45, 7) is 0. The van der Waals surface area contributed by atoms with Crippen molar-refractivity contribution in [1.29, 1.82) is 0 Å². The van der Waals surface area contributed by atoms with Crippen molar-refractivity contribution < 1.29 is 38.6 Å². The second-order valence-corrected chi connectivity index (χ2v) is 5.89. The molecular weight excluding hydrogens is 399 g/mol. The molecule has 30 heavy (non-hydrogen) atoms. The van der Waals surface area contributed by atoms with Crippen LogP contribution in [0, 0.1) is 5.82 Å². The predicted octanol–water partition coefficient (Wildman–Crippen LogP) is 2.22. The second kappa shape index (κ2) is 10.7. The molecule has 10 heteroatoms. The molecule has 2 atom stereocenters. The fourth-order valence-corrected chi connectivity index (χ4v) is 2.45. The van der Waals surface area contributed by atoms with Gasteiger partial charge in [0.05, 0.1) is 0 Å². The summed E-state index contributed by atoms with van der Waals surface area (Å²) in [6.07, 6.45) is -1.49. The van der Waals surface area contributed by atoms with Crippen molar-refractivity contribution in [2.75, 3.05) is 7.11 Å². The van der Waals surface area contributed by atoms with Crippen LogP contribution >= 0.6 is 0 Å². The Bertz CT molecular complexity index is 934. The van der Waals surface area contributed by atoms with Gasteiger partial charge < -0.3 is 14.6 Å². The first-order valence-electron chi connectivity index (χ1n) is 8.56. The maximum absolute atomic E-state index is 13.8. The first-order valence-corrected chi connectivity index (χ1v) is 8.56. The van der Waals surface area contributed by atoms with Gasteiger partial charge >= 0.3 is 6.09 Å². The first-order chi connectivity index (χ1) is 14.3. The maximum Gasteiger partial charge on any atom is 0.414 e. The number of hydroxylamine groups is 1. The number of rotatable bonds is 7. The lowest BCUT2D eigenvalue weighted by Crippen LogP contribution is -2.35. The average Bonchev–Trinajstić information content (AvgIpc) is 2.75. The van der Waals surface area contributed by atoms with Crippen molar-refractivity contribution in [3.63, 3.8) is 0 Å². The number of phenols is 1. The molecule has 2 rings (SSSR count). The molecule has 0 aromatic heterocycles. The number of ether oxygens (including phenoxy) is 2. The number of benzene rings is 2. The Hall–Kier alpha value is -3.76. The number of imide groups is 1. The number of phenolic OH excluding ortho intramolecular Hbond substituents is 1. The smallest absolute Gasteiger partial charge is 0.414 e. The number of nitrogens with one attached hydrogen (secondary N) is 2. The lowest BCUT2D eigenvalue weighted by Gasteiger charge is -2.24. The lowest BCUT2D eigenvalue weighted by molar-refractivity contribution is -0.124. The Balaban J connectivity index is 2.26. The molecule has 0 heterocycles. The molecule has 2 aromatic rings. The van der Waals surface area contributed by atoms with E-state index in [9.17, 15) is 23.9 Å². The second-order valence-electron chi connectivity index (χ2n) is 5.89. The summed E-state index contributed by atoms with van der Waals surface area (Å²) in [7, 11) is 1.24. The highest BCUT2D eigenvalue weighted by Gasteiger charge is 2.27. The van der Waals surface area contributed by atoms with Gasteiger partial charge in [-0.25, -0.2) is 14.7 Å². The normalized spacial score (nSPS) is 12.8. The van der Waals surface area contributed by atoms with Crippen molar-refractivity contribution >= 4 is 17.9 Å². The molecule has 0 fully saturated rings. The number of hydrogen-bond donors (Lipinski definition) is 4. The van der Waals surface area contributed by atoms with Gasteiger partial charge in [-0.05, 0) is 35.9 Å². The Morgan fingerprint density at radius 1 is 1.13 bits per heavy atom. The molecule has 2 aromatic carbocycles. The third kappa shape index (κ3) is 6.12. The van der Waals surface area contributed by atoms with Crippen LogP contribution in [0.5, 0.6) is 5.75 Å². The third-order valence-corrected chi connectivity index (χ3v) is 3.90. The molecular formula is C20H19FN2O7. The van der Waals surface area contributed by atoms with Gasteiger partial charge in [0, 0.05) is 18.7 Å². The van der Waals surface area contributed by atoms with Crippen LogP contribution in [0.3, 0.4) is 0 Å². The van der Waals surface area contributed by atoms with Crippen LogP contribution in [-0.4, -0.2) is 41.4 Å². The standard InChI is InChI=1S/C20H19FN2O7/c1-29-16(9-10-17(25)23-28)18(13-7-8-15(24)14(21)11-13)30-20(27)22-19(26)12-5-3-2-4-6-12/h2-11,16,18,24,28H,1H3,(H,23,25)(H,22,26,27)/b10-9+/t16-,18-/m1/s1. The molecule has 9 nitrogen and oxygen atoms in total. The predicted molar refractivity (Wildman–Crippen MR) is 101 cm³/mol. The van der Waals surface area contributed by atoms with Gasteiger partial charge in [0.25, 0.3) is 11.8 Å². The Kier molecular flexibility index (Phi) is 8.03. The van der Waals surface area contributed by atoms with Crippen LogP contribution in [0.4, 0.5) is 9.18 Å². The van der Waals surface area contributed by atoms with E-state index in [-0.39, 0.29) is 11.1 Å². The first kappa shape index (κ1) is 22.5. The molecule has 0 aliphatic carbocycles. The largest absolute Gasteiger partial charge is 0.505 e. The lowest BCUT2D eigenvalue weighted by atomic mass is 10.0. The van der Waals surface area contributed by atoms with Crippen LogP contribution in [0.15, 0.2) is 60.7 Å². The minimum atomic E-state index is -1.31. The van der Waals surface area contributed by atoms with Crippen molar-refractivity contribution in [1.82, 2.24) is 10.8 Å². The fourth-order valence-electron chi connectivity index (χ4n) is 2.45.